The molecule has 24 heavy (non-hydrogen) atoms. The number of epoxide rings is 1. The van der Waals surface area contributed by atoms with E-state index < -0.39 is 11.9 Å². The van der Waals surface area contributed by atoms with Crippen molar-refractivity contribution in [2.24, 2.45) is 0 Å². The number of likely N-dealkylation sites (N-methyl/N-ethyl adjacent to an activating group) is 1. The van der Waals surface area contributed by atoms with Crippen LogP contribution in [0.15, 0.2) is 30.3 Å². The predicted molar refractivity (Wildman–Crippen MR) is 89.9 cm³/mol. The Bertz CT molecular complexity index is 590. The summed E-state index contributed by atoms with van der Waals surface area (Å²) in [6.07, 6.45) is 1.18. The average molecular weight is 401 g/mol. The molecule has 3 aliphatic rings. The monoisotopic (exact) mass is 400 g/mol. The Balaban J connectivity index is 0.00000169. The molecule has 132 valence electrons. The van der Waals surface area contributed by atoms with Crippen molar-refractivity contribution >= 4 is 23.0 Å². The first-order valence-electron chi connectivity index (χ1n) is 8.12. The summed E-state index contributed by atoms with van der Waals surface area (Å²) in [5, 5.41) is 20.1. The van der Waals surface area contributed by atoms with Gasteiger partial charge >= 0.3 is 5.97 Å². The topological polar surface area (TPSA) is 79.3 Å². The fraction of sp³-hybridized carbons (Fsp3) is 0.588. The Hall–Kier alpha value is -0.990. The molecule has 0 spiro atoms. The molecule has 3 saturated heterocycles. The summed E-state index contributed by atoms with van der Waals surface area (Å²) in [6.45, 7) is -0.273. The number of aliphatic hydroxyl groups is 1. The quantitative estimate of drug-likeness (QED) is 0.453. The summed E-state index contributed by atoms with van der Waals surface area (Å²) in [5.41, 5.74) is 0.757. The molecule has 0 amide bonds. The van der Waals surface area contributed by atoms with Gasteiger partial charge in [-0.25, -0.2) is 5.21 Å². The van der Waals surface area contributed by atoms with Gasteiger partial charge in [0.1, 0.15) is 24.2 Å². The minimum atomic E-state index is -0.656. The van der Waals surface area contributed by atoms with E-state index in [-0.39, 0.29) is 58.6 Å². The second kappa shape index (κ2) is 6.38. The van der Waals surface area contributed by atoms with E-state index in [1.165, 1.54) is 0 Å². The highest BCUT2D eigenvalue weighted by Crippen LogP contribution is 2.51. The van der Waals surface area contributed by atoms with E-state index in [4.69, 9.17) is 9.47 Å². The zero-order valence-electron chi connectivity index (χ0n) is 13.4. The lowest BCUT2D eigenvalue weighted by atomic mass is 9.97. The van der Waals surface area contributed by atoms with Gasteiger partial charge in [-0.2, -0.15) is 4.65 Å². The molecule has 4 rings (SSSR count). The van der Waals surface area contributed by atoms with E-state index in [0.717, 1.165) is 5.56 Å². The van der Waals surface area contributed by atoms with Crippen molar-refractivity contribution in [3.8, 4) is 0 Å². The number of quaternary nitrogens is 1. The molecule has 2 bridgehead atoms. The van der Waals surface area contributed by atoms with Gasteiger partial charge in [-0.15, -0.1) is 17.0 Å². The van der Waals surface area contributed by atoms with Crippen LogP contribution in [0.1, 0.15) is 24.3 Å². The number of rotatable bonds is 4. The largest absolute Gasteiger partial charge is 0.461 e. The number of hydroxylamine groups is 3. The number of carbonyl (C=O) groups is 1. The van der Waals surface area contributed by atoms with Crippen LogP contribution in [0.3, 0.4) is 0 Å². The molecule has 0 aromatic heterocycles. The molecular weight excluding hydrogens is 378 g/mol. The maximum atomic E-state index is 12.4. The van der Waals surface area contributed by atoms with Crippen molar-refractivity contribution in [3.05, 3.63) is 35.9 Å². The van der Waals surface area contributed by atoms with Gasteiger partial charge in [0.05, 0.1) is 13.7 Å². The van der Waals surface area contributed by atoms with Gasteiger partial charge in [-0.1, -0.05) is 30.3 Å². The molecule has 7 heteroatoms. The Morgan fingerprint density at radius 1 is 1.29 bits per heavy atom. The Morgan fingerprint density at radius 2 is 1.88 bits per heavy atom. The van der Waals surface area contributed by atoms with Gasteiger partial charge in [-0.3, -0.25) is 4.79 Å². The van der Waals surface area contributed by atoms with Crippen molar-refractivity contribution in [2.75, 3.05) is 13.7 Å². The van der Waals surface area contributed by atoms with Crippen LogP contribution in [0.5, 0.6) is 0 Å². The zero-order chi connectivity index (χ0) is 16.2. The third kappa shape index (κ3) is 2.78. The molecule has 3 aliphatic heterocycles. The molecule has 0 aliphatic carbocycles. The van der Waals surface area contributed by atoms with E-state index in [9.17, 15) is 15.1 Å². The van der Waals surface area contributed by atoms with Crippen LogP contribution in [0.4, 0.5) is 0 Å². The summed E-state index contributed by atoms with van der Waals surface area (Å²) >= 11 is 0. The van der Waals surface area contributed by atoms with E-state index in [0.29, 0.717) is 12.8 Å². The zero-order valence-corrected chi connectivity index (χ0v) is 15.2. The Labute approximate surface area is 151 Å². The van der Waals surface area contributed by atoms with Crippen LogP contribution in [0, 0.1) is 0 Å². The standard InChI is InChI=1S/C17H22NO5.BrH/c1-18(21)13-7-11(8-14(18)16-15(13)23-16)22-17(20)12(9-19)10-5-3-2-4-6-10;/h2-6,11-16,19,21H,7-9H2,1H3;1H/q+1;/t11?,12-,13-,14+,15-,16+,18?;/m1./s1. The molecule has 3 fully saturated rings. The number of piperidine rings is 1. The number of esters is 1. The minimum absolute atomic E-state index is 0. The molecule has 6 nitrogen and oxygen atoms in total. The number of benzene rings is 1. The lowest BCUT2D eigenvalue weighted by molar-refractivity contribution is -1.12. The number of nitrogens with zero attached hydrogens (tertiary/aromatic N) is 1. The van der Waals surface area contributed by atoms with Crippen molar-refractivity contribution < 1.29 is 29.2 Å². The highest BCUT2D eigenvalue weighted by molar-refractivity contribution is 8.93. The molecule has 3 heterocycles. The van der Waals surface area contributed by atoms with Crippen LogP contribution in [0.25, 0.3) is 0 Å². The predicted octanol–water partition coefficient (Wildman–Crippen LogP) is 1.40. The fourth-order valence-corrected chi connectivity index (χ4v) is 4.27. The molecule has 2 unspecified atom stereocenters. The highest BCUT2D eigenvalue weighted by atomic mass is 79.9. The fourth-order valence-electron chi connectivity index (χ4n) is 4.27. The number of halogens is 1. The molecule has 0 saturated carbocycles. The van der Waals surface area contributed by atoms with Crippen LogP contribution in [0.2, 0.25) is 0 Å². The third-order valence-corrected chi connectivity index (χ3v) is 5.62. The van der Waals surface area contributed by atoms with Crippen LogP contribution in [-0.4, -0.2) is 65.0 Å². The molecular formula is C17H23BrNO5+. The number of ether oxygens (including phenoxy) is 2. The lowest BCUT2D eigenvalue weighted by Crippen LogP contribution is -2.60. The second-order valence-electron chi connectivity index (χ2n) is 6.97. The number of hydrogen-bond donors (Lipinski definition) is 2. The maximum absolute atomic E-state index is 12.4. The summed E-state index contributed by atoms with van der Waals surface area (Å²) in [6, 6.07) is 9.13. The summed E-state index contributed by atoms with van der Waals surface area (Å²) < 4.78 is 11.2. The van der Waals surface area contributed by atoms with E-state index >= 15 is 0 Å². The van der Waals surface area contributed by atoms with Crippen molar-refractivity contribution in [2.45, 2.75) is 49.2 Å². The maximum Gasteiger partial charge on any atom is 0.316 e. The number of aliphatic hydroxyl groups excluding tert-OH is 1. The van der Waals surface area contributed by atoms with Crippen LogP contribution >= 0.6 is 17.0 Å². The van der Waals surface area contributed by atoms with Gasteiger partial charge in [0.15, 0.2) is 12.1 Å². The second-order valence-corrected chi connectivity index (χ2v) is 6.97. The number of carbonyl (C=O) groups excluding carboxylic acids is 1. The van der Waals surface area contributed by atoms with Gasteiger partial charge in [0.25, 0.3) is 0 Å². The Morgan fingerprint density at radius 3 is 2.42 bits per heavy atom. The third-order valence-electron chi connectivity index (χ3n) is 5.62. The first kappa shape index (κ1) is 17.8. The summed E-state index contributed by atoms with van der Waals surface area (Å²) in [5.74, 6) is -1.05. The summed E-state index contributed by atoms with van der Waals surface area (Å²) in [4.78, 5) is 12.4. The minimum Gasteiger partial charge on any atom is -0.461 e. The van der Waals surface area contributed by atoms with E-state index in [2.05, 4.69) is 0 Å². The lowest BCUT2D eigenvalue weighted by Gasteiger charge is -2.41. The van der Waals surface area contributed by atoms with Crippen LogP contribution in [-0.2, 0) is 14.3 Å². The first-order valence-corrected chi connectivity index (χ1v) is 8.12. The van der Waals surface area contributed by atoms with E-state index in [1.807, 2.05) is 37.4 Å². The van der Waals surface area contributed by atoms with Crippen molar-refractivity contribution in [1.29, 1.82) is 0 Å². The number of hydrogen-bond acceptors (Lipinski definition) is 5. The molecule has 1 aromatic rings. The highest BCUT2D eigenvalue weighted by Gasteiger charge is 2.73. The van der Waals surface area contributed by atoms with Crippen molar-refractivity contribution in [1.82, 2.24) is 0 Å². The van der Waals surface area contributed by atoms with Crippen molar-refractivity contribution in [3.63, 3.8) is 0 Å². The Kier molecular flexibility index (Phi) is 4.74. The first-order chi connectivity index (χ1) is 11.0. The smallest absolute Gasteiger partial charge is 0.316 e. The normalized spacial score (nSPS) is 40.2. The number of morpholine rings is 1. The SMILES string of the molecule is Br.C[N+]1(O)[C@@H]2CC(OC(=O)[C@H](CO)c3ccccc3)C[C@H]1[C@@H]1O[C@@H]12. The van der Waals surface area contributed by atoms with Gasteiger partial charge in [0, 0.05) is 12.8 Å². The summed E-state index contributed by atoms with van der Waals surface area (Å²) in [7, 11) is 1.81. The molecule has 2 N–H and O–H groups in total. The molecule has 0 radical (unpaired) electrons. The van der Waals surface area contributed by atoms with E-state index in [1.54, 1.807) is 0 Å². The van der Waals surface area contributed by atoms with Gasteiger partial charge in [0.2, 0.25) is 0 Å². The average Bonchev–Trinajstić information content (AvgIpc) is 3.27. The number of fused-ring (bicyclic) bond motifs is 5. The van der Waals surface area contributed by atoms with Crippen LogP contribution < -0.4 is 0 Å². The van der Waals surface area contributed by atoms with Gasteiger partial charge < -0.3 is 14.6 Å². The van der Waals surface area contributed by atoms with Gasteiger partial charge in [-0.05, 0) is 5.56 Å². The molecule has 1 aromatic carbocycles. The molecule has 7 atom stereocenters.